The highest BCUT2D eigenvalue weighted by Crippen LogP contribution is 2.29. The van der Waals surface area contributed by atoms with Gasteiger partial charge in [0.25, 0.3) is 11.5 Å². The summed E-state index contributed by atoms with van der Waals surface area (Å²) >= 11 is 2.45. The zero-order valence-electron chi connectivity index (χ0n) is 13.3. The van der Waals surface area contributed by atoms with Crippen LogP contribution in [0.1, 0.15) is 10.5 Å². The van der Waals surface area contributed by atoms with Gasteiger partial charge in [-0.1, -0.05) is 0 Å². The first kappa shape index (κ1) is 17.1. The summed E-state index contributed by atoms with van der Waals surface area (Å²) in [6, 6.07) is 10.2. The molecule has 1 N–H and O–H groups in total. The van der Waals surface area contributed by atoms with Crippen molar-refractivity contribution in [2.24, 2.45) is 7.05 Å². The molecule has 3 aromatic rings. The third-order valence-electron chi connectivity index (χ3n) is 3.09. The highest BCUT2D eigenvalue weighted by molar-refractivity contribution is 7.99. The molecule has 2 aromatic heterocycles. The van der Waals surface area contributed by atoms with Crippen LogP contribution in [0.4, 0.5) is 5.13 Å². The van der Waals surface area contributed by atoms with Crippen molar-refractivity contribution >= 4 is 34.3 Å². The number of amides is 1. The molecular formula is C15H13N5O3S2. The fourth-order valence-corrected chi connectivity index (χ4v) is 3.25. The molecule has 0 saturated heterocycles. The van der Waals surface area contributed by atoms with Gasteiger partial charge in [-0.05, 0) is 42.1 Å². The minimum atomic E-state index is -0.451. The first-order valence-electron chi connectivity index (χ1n) is 7.06. The molecule has 1 aromatic carbocycles. The van der Waals surface area contributed by atoms with Gasteiger partial charge in [-0.3, -0.25) is 14.9 Å². The first-order chi connectivity index (χ1) is 12.0. The van der Waals surface area contributed by atoms with Gasteiger partial charge in [-0.15, -0.1) is 0 Å². The van der Waals surface area contributed by atoms with Crippen molar-refractivity contribution in [1.29, 1.82) is 0 Å². The second kappa shape index (κ2) is 7.45. The van der Waals surface area contributed by atoms with Crippen LogP contribution in [0, 0.1) is 0 Å². The summed E-state index contributed by atoms with van der Waals surface area (Å²) in [6.45, 7) is 0. The Kier molecular flexibility index (Phi) is 5.10. The predicted octanol–water partition coefficient (Wildman–Crippen LogP) is 2.04. The van der Waals surface area contributed by atoms with Crippen LogP contribution in [-0.4, -0.2) is 32.2 Å². The molecule has 0 atom stereocenters. The van der Waals surface area contributed by atoms with E-state index in [1.807, 2.05) is 24.3 Å². The number of aromatic nitrogens is 4. The second-order valence-corrected chi connectivity index (χ2v) is 6.59. The Bertz CT molecular complexity index is 952. The molecule has 25 heavy (non-hydrogen) atoms. The number of rotatable bonds is 5. The topological polar surface area (TPSA) is 99.0 Å². The first-order valence-corrected chi connectivity index (χ1v) is 8.65. The van der Waals surface area contributed by atoms with Crippen LogP contribution in [0.2, 0.25) is 0 Å². The van der Waals surface area contributed by atoms with E-state index in [1.54, 1.807) is 7.11 Å². The maximum atomic E-state index is 12.1. The third kappa shape index (κ3) is 4.22. The number of benzene rings is 1. The molecule has 128 valence electrons. The highest BCUT2D eigenvalue weighted by Gasteiger charge is 2.13. The van der Waals surface area contributed by atoms with E-state index in [2.05, 4.69) is 19.8 Å². The highest BCUT2D eigenvalue weighted by atomic mass is 32.2. The molecule has 2 heterocycles. The molecule has 0 unspecified atom stereocenters. The van der Waals surface area contributed by atoms with Crippen LogP contribution >= 0.6 is 23.3 Å². The number of hydrogen-bond acceptors (Lipinski definition) is 8. The summed E-state index contributed by atoms with van der Waals surface area (Å²) in [4.78, 5) is 28.7. The molecule has 8 nitrogen and oxygen atoms in total. The zero-order valence-corrected chi connectivity index (χ0v) is 14.9. The van der Waals surface area contributed by atoms with Gasteiger partial charge >= 0.3 is 0 Å². The monoisotopic (exact) mass is 375 g/mol. The normalized spacial score (nSPS) is 10.5. The number of anilines is 1. The molecule has 0 spiro atoms. The molecule has 0 fully saturated rings. The van der Waals surface area contributed by atoms with Crippen LogP contribution in [-0.2, 0) is 7.05 Å². The van der Waals surface area contributed by atoms with Crippen molar-refractivity contribution in [2.75, 3.05) is 12.4 Å². The molecular weight excluding hydrogens is 362 g/mol. The fourth-order valence-electron chi connectivity index (χ4n) is 1.84. The van der Waals surface area contributed by atoms with Gasteiger partial charge in [-0.25, -0.2) is 4.68 Å². The van der Waals surface area contributed by atoms with E-state index < -0.39 is 5.91 Å². The Labute approximate surface area is 151 Å². The largest absolute Gasteiger partial charge is 0.497 e. The van der Waals surface area contributed by atoms with Crippen LogP contribution in [0.25, 0.3) is 0 Å². The summed E-state index contributed by atoms with van der Waals surface area (Å²) in [5.41, 5.74) is -0.160. The molecule has 0 radical (unpaired) electrons. The van der Waals surface area contributed by atoms with Crippen molar-refractivity contribution in [2.45, 2.75) is 10.1 Å². The van der Waals surface area contributed by atoms with Crippen LogP contribution < -0.4 is 15.6 Å². The molecule has 0 aliphatic heterocycles. The lowest BCUT2D eigenvalue weighted by atomic mass is 10.3. The number of carbonyl (C=O) groups excluding carboxylic acids is 1. The maximum Gasteiger partial charge on any atom is 0.277 e. The van der Waals surface area contributed by atoms with Gasteiger partial charge in [0.15, 0.2) is 0 Å². The van der Waals surface area contributed by atoms with E-state index in [4.69, 9.17) is 4.74 Å². The summed E-state index contributed by atoms with van der Waals surface area (Å²) in [7, 11) is 3.09. The third-order valence-corrected chi connectivity index (χ3v) is 4.71. The number of hydrogen-bond donors (Lipinski definition) is 1. The van der Waals surface area contributed by atoms with E-state index in [0.717, 1.165) is 26.9 Å². The van der Waals surface area contributed by atoms with Gasteiger partial charge in [0.05, 0.1) is 7.11 Å². The molecule has 0 bridgehead atoms. The molecule has 0 aliphatic rings. The lowest BCUT2D eigenvalue weighted by Crippen LogP contribution is -2.23. The van der Waals surface area contributed by atoms with E-state index in [9.17, 15) is 9.59 Å². The van der Waals surface area contributed by atoms with Crippen molar-refractivity contribution in [3.05, 3.63) is 52.4 Å². The van der Waals surface area contributed by atoms with E-state index in [0.29, 0.717) is 10.3 Å². The van der Waals surface area contributed by atoms with E-state index in [-0.39, 0.29) is 11.3 Å². The average Bonchev–Trinajstić information content (AvgIpc) is 3.04. The number of methoxy groups -OCH3 is 1. The van der Waals surface area contributed by atoms with Gasteiger partial charge in [-0.2, -0.15) is 14.5 Å². The summed E-state index contributed by atoms with van der Waals surface area (Å²) in [5.74, 6) is 0.320. The lowest BCUT2D eigenvalue weighted by Gasteiger charge is -2.02. The number of nitrogens with one attached hydrogen (secondary N) is 1. The van der Waals surface area contributed by atoms with Crippen molar-refractivity contribution < 1.29 is 9.53 Å². The minimum Gasteiger partial charge on any atom is -0.497 e. The van der Waals surface area contributed by atoms with Crippen LogP contribution in [0.3, 0.4) is 0 Å². The summed E-state index contributed by atoms with van der Waals surface area (Å²) < 4.78 is 10.4. The SMILES string of the molecule is COc1ccc(Sc2nsc(NC(=O)c3ccc(=O)n(C)n3)n2)cc1. The molecule has 0 aliphatic carbocycles. The average molecular weight is 375 g/mol. The van der Waals surface area contributed by atoms with Gasteiger partial charge < -0.3 is 4.74 Å². The lowest BCUT2D eigenvalue weighted by molar-refractivity contribution is 0.102. The fraction of sp³-hybridized carbons (Fsp3) is 0.133. The zero-order chi connectivity index (χ0) is 17.8. The standard InChI is InChI=1S/C15H13N5O3S2/c1-20-12(21)8-7-11(18-20)13(22)16-14-17-15(19-25-14)24-10-5-3-9(23-2)4-6-10/h3-8H,1-2H3,(H,16,17,19,22). The summed E-state index contributed by atoms with van der Waals surface area (Å²) in [6.07, 6.45) is 0. The quantitative estimate of drug-likeness (QED) is 0.728. The number of aryl methyl sites for hydroxylation is 1. The smallest absolute Gasteiger partial charge is 0.277 e. The molecule has 3 rings (SSSR count). The maximum absolute atomic E-state index is 12.1. The van der Waals surface area contributed by atoms with E-state index >= 15 is 0 Å². The Morgan fingerprint density at radius 3 is 2.68 bits per heavy atom. The molecule has 0 saturated carbocycles. The van der Waals surface area contributed by atoms with Gasteiger partial charge in [0, 0.05) is 29.5 Å². The molecule has 1 amide bonds. The Morgan fingerprint density at radius 2 is 2.00 bits per heavy atom. The number of carbonyl (C=O) groups is 1. The van der Waals surface area contributed by atoms with Gasteiger partial charge in [0.2, 0.25) is 10.3 Å². The Morgan fingerprint density at radius 1 is 1.24 bits per heavy atom. The van der Waals surface area contributed by atoms with Crippen molar-refractivity contribution in [3.63, 3.8) is 0 Å². The summed E-state index contributed by atoms with van der Waals surface area (Å²) in [5, 5.41) is 7.40. The predicted molar refractivity (Wildman–Crippen MR) is 94.5 cm³/mol. The van der Waals surface area contributed by atoms with E-state index in [1.165, 1.54) is 30.9 Å². The number of nitrogens with zero attached hydrogens (tertiary/aromatic N) is 4. The second-order valence-electron chi connectivity index (χ2n) is 4.79. The molecule has 10 heteroatoms. The Hall–Kier alpha value is -2.72. The van der Waals surface area contributed by atoms with Crippen LogP contribution in [0.15, 0.2) is 51.2 Å². The van der Waals surface area contributed by atoms with Crippen LogP contribution in [0.5, 0.6) is 5.75 Å². The number of ether oxygens (including phenoxy) is 1. The van der Waals surface area contributed by atoms with Gasteiger partial charge in [0.1, 0.15) is 11.4 Å². The Balaban J connectivity index is 1.67. The van der Waals surface area contributed by atoms with Crippen molar-refractivity contribution in [1.82, 2.24) is 19.1 Å². The van der Waals surface area contributed by atoms with Crippen molar-refractivity contribution in [3.8, 4) is 5.75 Å². The minimum absolute atomic E-state index is 0.127.